The average Bonchev–Trinajstić information content (AvgIpc) is 2.28. The molecule has 0 aliphatic rings. The van der Waals surface area contributed by atoms with Crippen molar-refractivity contribution in [1.29, 1.82) is 0 Å². The third kappa shape index (κ3) is 5.28. The van der Waals surface area contributed by atoms with Crippen LogP contribution in [0.3, 0.4) is 0 Å². The van der Waals surface area contributed by atoms with Gasteiger partial charge in [-0.15, -0.1) is 0 Å². The van der Waals surface area contributed by atoms with Crippen LogP contribution in [0.5, 0.6) is 0 Å². The number of nitrogens with one attached hydrogen (secondary N) is 2. The summed E-state index contributed by atoms with van der Waals surface area (Å²) < 4.78 is 1.09. The Morgan fingerprint density at radius 3 is 2.94 bits per heavy atom. The molecule has 0 aromatic heterocycles. The summed E-state index contributed by atoms with van der Waals surface area (Å²) in [6.45, 7) is 1.70. The van der Waals surface area contributed by atoms with E-state index in [4.69, 9.17) is 0 Å². The van der Waals surface area contributed by atoms with Gasteiger partial charge in [0.15, 0.2) is 0 Å². The molecule has 0 radical (unpaired) electrons. The van der Waals surface area contributed by atoms with E-state index in [9.17, 15) is 4.79 Å². The third-order valence-corrected chi connectivity index (χ3v) is 2.75. The summed E-state index contributed by atoms with van der Waals surface area (Å²) in [6.07, 6.45) is 1.45. The summed E-state index contributed by atoms with van der Waals surface area (Å²) in [6, 6.07) is 8.20. The second-order valence-corrected chi connectivity index (χ2v) is 4.50. The first-order valence-electron chi connectivity index (χ1n) is 5.38. The molecule has 0 fully saturated rings. The van der Waals surface area contributed by atoms with Gasteiger partial charge in [0.25, 0.3) is 0 Å². The summed E-state index contributed by atoms with van der Waals surface area (Å²) >= 11 is 3.43. The van der Waals surface area contributed by atoms with E-state index in [2.05, 4.69) is 38.7 Å². The molecule has 16 heavy (non-hydrogen) atoms. The Hall–Kier alpha value is -0.870. The molecule has 0 heterocycles. The van der Waals surface area contributed by atoms with E-state index in [-0.39, 0.29) is 5.91 Å². The number of carbonyl (C=O) groups is 1. The molecule has 0 saturated carbocycles. The Morgan fingerprint density at radius 2 is 2.25 bits per heavy atom. The number of amides is 1. The molecule has 1 aromatic rings. The van der Waals surface area contributed by atoms with Crippen LogP contribution >= 0.6 is 15.9 Å². The standard InChI is InChI=1S/C12H17BrN2O/c1-14-12(16)6-3-7-15-9-10-4-2-5-11(13)8-10/h2,4-5,8,15H,3,6-7,9H2,1H3,(H,14,16). The van der Waals surface area contributed by atoms with Crippen LogP contribution in [0.1, 0.15) is 18.4 Å². The van der Waals surface area contributed by atoms with Crippen LogP contribution in [-0.4, -0.2) is 19.5 Å². The molecule has 4 heteroatoms. The van der Waals surface area contributed by atoms with Gasteiger partial charge in [0.05, 0.1) is 0 Å². The van der Waals surface area contributed by atoms with Crippen LogP contribution in [0.15, 0.2) is 28.7 Å². The SMILES string of the molecule is CNC(=O)CCCNCc1cccc(Br)c1. The molecule has 0 saturated heterocycles. The van der Waals surface area contributed by atoms with Crippen LogP contribution in [0.2, 0.25) is 0 Å². The maximum atomic E-state index is 10.9. The summed E-state index contributed by atoms with van der Waals surface area (Å²) in [4.78, 5) is 10.9. The van der Waals surface area contributed by atoms with Crippen molar-refractivity contribution in [3.05, 3.63) is 34.3 Å². The fraction of sp³-hybridized carbons (Fsp3) is 0.417. The van der Waals surface area contributed by atoms with Crippen LogP contribution in [-0.2, 0) is 11.3 Å². The lowest BCUT2D eigenvalue weighted by Gasteiger charge is -2.05. The molecule has 1 aromatic carbocycles. The average molecular weight is 285 g/mol. The Morgan fingerprint density at radius 1 is 1.44 bits per heavy atom. The summed E-state index contributed by atoms with van der Waals surface area (Å²) in [5.41, 5.74) is 1.24. The highest BCUT2D eigenvalue weighted by Gasteiger charge is 1.97. The summed E-state index contributed by atoms with van der Waals surface area (Å²) in [5.74, 6) is 0.101. The Labute approximate surface area is 105 Å². The molecule has 0 bridgehead atoms. The Kier molecular flexibility index (Phi) is 6.11. The van der Waals surface area contributed by atoms with E-state index in [0.717, 1.165) is 24.0 Å². The smallest absolute Gasteiger partial charge is 0.219 e. The third-order valence-electron chi connectivity index (χ3n) is 2.25. The van der Waals surface area contributed by atoms with Crippen molar-refractivity contribution >= 4 is 21.8 Å². The molecule has 88 valence electrons. The number of carbonyl (C=O) groups excluding carboxylic acids is 1. The zero-order valence-corrected chi connectivity index (χ0v) is 11.0. The van der Waals surface area contributed by atoms with E-state index < -0.39 is 0 Å². The van der Waals surface area contributed by atoms with E-state index in [1.54, 1.807) is 7.05 Å². The zero-order valence-electron chi connectivity index (χ0n) is 9.42. The molecule has 1 rings (SSSR count). The predicted octanol–water partition coefficient (Wildman–Crippen LogP) is 2.06. The molecule has 2 N–H and O–H groups in total. The van der Waals surface area contributed by atoms with E-state index in [0.29, 0.717) is 6.42 Å². The van der Waals surface area contributed by atoms with Crippen molar-refractivity contribution in [2.75, 3.05) is 13.6 Å². The monoisotopic (exact) mass is 284 g/mol. The minimum Gasteiger partial charge on any atom is -0.359 e. The maximum absolute atomic E-state index is 10.9. The minimum absolute atomic E-state index is 0.101. The van der Waals surface area contributed by atoms with Crippen molar-refractivity contribution in [1.82, 2.24) is 10.6 Å². The van der Waals surface area contributed by atoms with Gasteiger partial charge in [-0.2, -0.15) is 0 Å². The molecule has 0 aliphatic heterocycles. The molecule has 1 amide bonds. The van der Waals surface area contributed by atoms with E-state index in [1.807, 2.05) is 12.1 Å². The number of hydrogen-bond donors (Lipinski definition) is 2. The van der Waals surface area contributed by atoms with E-state index >= 15 is 0 Å². The molecular formula is C12H17BrN2O. The molecule has 0 atom stereocenters. The molecule has 0 unspecified atom stereocenters. The van der Waals surface area contributed by atoms with Crippen LogP contribution in [0.4, 0.5) is 0 Å². The van der Waals surface area contributed by atoms with Crippen LogP contribution in [0, 0.1) is 0 Å². The fourth-order valence-electron chi connectivity index (χ4n) is 1.38. The van der Waals surface area contributed by atoms with Crippen molar-refractivity contribution in [3.8, 4) is 0 Å². The highest BCUT2D eigenvalue weighted by atomic mass is 79.9. The number of halogens is 1. The summed E-state index contributed by atoms with van der Waals surface area (Å²) in [7, 11) is 1.66. The number of rotatable bonds is 6. The van der Waals surface area contributed by atoms with Gasteiger partial charge in [-0.1, -0.05) is 28.1 Å². The maximum Gasteiger partial charge on any atom is 0.219 e. The fourth-order valence-corrected chi connectivity index (χ4v) is 1.83. The lowest BCUT2D eigenvalue weighted by molar-refractivity contribution is -0.120. The first-order valence-corrected chi connectivity index (χ1v) is 6.17. The Balaban J connectivity index is 2.14. The van der Waals surface area contributed by atoms with Crippen molar-refractivity contribution < 1.29 is 4.79 Å². The van der Waals surface area contributed by atoms with Gasteiger partial charge in [-0.05, 0) is 30.7 Å². The van der Waals surface area contributed by atoms with Gasteiger partial charge in [-0.3, -0.25) is 4.79 Å². The number of hydrogen-bond acceptors (Lipinski definition) is 2. The Bertz CT molecular complexity index is 342. The van der Waals surface area contributed by atoms with Crippen LogP contribution < -0.4 is 10.6 Å². The van der Waals surface area contributed by atoms with Crippen molar-refractivity contribution in [3.63, 3.8) is 0 Å². The second-order valence-electron chi connectivity index (χ2n) is 3.58. The highest BCUT2D eigenvalue weighted by molar-refractivity contribution is 9.10. The second kappa shape index (κ2) is 7.41. The lowest BCUT2D eigenvalue weighted by atomic mass is 10.2. The van der Waals surface area contributed by atoms with Gasteiger partial charge in [0.2, 0.25) is 5.91 Å². The molecule has 0 spiro atoms. The van der Waals surface area contributed by atoms with E-state index in [1.165, 1.54) is 5.56 Å². The van der Waals surface area contributed by atoms with Crippen molar-refractivity contribution in [2.45, 2.75) is 19.4 Å². The summed E-state index contributed by atoms with van der Waals surface area (Å²) in [5, 5.41) is 5.92. The van der Waals surface area contributed by atoms with Crippen LogP contribution in [0.25, 0.3) is 0 Å². The number of benzene rings is 1. The highest BCUT2D eigenvalue weighted by Crippen LogP contribution is 2.11. The normalized spacial score (nSPS) is 10.1. The van der Waals surface area contributed by atoms with Gasteiger partial charge >= 0.3 is 0 Å². The van der Waals surface area contributed by atoms with Crippen molar-refractivity contribution in [2.24, 2.45) is 0 Å². The molecular weight excluding hydrogens is 268 g/mol. The topological polar surface area (TPSA) is 41.1 Å². The van der Waals surface area contributed by atoms with Gasteiger partial charge in [0, 0.05) is 24.5 Å². The quantitative estimate of drug-likeness (QED) is 0.786. The first kappa shape index (κ1) is 13.2. The first-order chi connectivity index (χ1) is 7.72. The minimum atomic E-state index is 0.101. The molecule has 3 nitrogen and oxygen atoms in total. The predicted molar refractivity (Wildman–Crippen MR) is 69.1 cm³/mol. The lowest BCUT2D eigenvalue weighted by Crippen LogP contribution is -2.20. The largest absolute Gasteiger partial charge is 0.359 e. The van der Waals surface area contributed by atoms with Gasteiger partial charge in [-0.25, -0.2) is 0 Å². The van der Waals surface area contributed by atoms with Gasteiger partial charge < -0.3 is 10.6 Å². The van der Waals surface area contributed by atoms with Gasteiger partial charge in [0.1, 0.15) is 0 Å². The molecule has 0 aliphatic carbocycles. The zero-order chi connectivity index (χ0) is 11.8.